The van der Waals surface area contributed by atoms with Gasteiger partial charge < -0.3 is 9.57 Å². The van der Waals surface area contributed by atoms with Gasteiger partial charge in [-0.05, 0) is 5.56 Å². The molecule has 0 amide bonds. The molecule has 0 aliphatic rings. The van der Waals surface area contributed by atoms with Crippen molar-refractivity contribution in [2.75, 3.05) is 7.11 Å². The molecule has 5 nitrogen and oxygen atoms in total. The number of oxime groups is 1. The van der Waals surface area contributed by atoms with Gasteiger partial charge in [0.2, 0.25) is 0 Å². The first-order valence-electron chi connectivity index (χ1n) is 6.63. The van der Waals surface area contributed by atoms with E-state index in [9.17, 15) is 9.59 Å². The number of carbonyl (C=O) groups is 2. The maximum absolute atomic E-state index is 11.9. The Balaban J connectivity index is 2.03. The number of nitrogens with zero attached hydrogens (tertiary/aromatic N) is 1. The van der Waals surface area contributed by atoms with E-state index in [1.165, 1.54) is 7.11 Å². The molecular weight excluding hydrogens is 282 g/mol. The zero-order valence-corrected chi connectivity index (χ0v) is 12.1. The minimum atomic E-state index is -0.903. The van der Waals surface area contributed by atoms with E-state index in [0.29, 0.717) is 5.56 Å². The smallest absolute Gasteiger partial charge is 0.379 e. The lowest BCUT2D eigenvalue weighted by atomic mass is 10.0. The van der Waals surface area contributed by atoms with Gasteiger partial charge in [-0.2, -0.15) is 0 Å². The van der Waals surface area contributed by atoms with Crippen molar-refractivity contribution in [3.05, 3.63) is 71.3 Å². The zero-order valence-electron chi connectivity index (χ0n) is 12.1. The average molecular weight is 297 g/mol. The maximum atomic E-state index is 11.9. The van der Waals surface area contributed by atoms with Gasteiger partial charge in [0.05, 0.1) is 13.3 Å². The third-order valence-corrected chi connectivity index (χ3v) is 2.93. The van der Waals surface area contributed by atoms with E-state index < -0.39 is 11.8 Å². The molecule has 0 spiro atoms. The fraction of sp³-hybridized carbons (Fsp3) is 0.118. The zero-order chi connectivity index (χ0) is 15.8. The number of rotatable bonds is 6. The topological polar surface area (TPSA) is 65.0 Å². The molecule has 0 atom stereocenters. The van der Waals surface area contributed by atoms with Crippen LogP contribution in [0, 0.1) is 0 Å². The molecule has 0 N–H and O–H groups in total. The molecule has 0 unspecified atom stereocenters. The summed E-state index contributed by atoms with van der Waals surface area (Å²) in [5.41, 5.74) is 1.73. The van der Waals surface area contributed by atoms with E-state index in [-0.39, 0.29) is 12.2 Å². The van der Waals surface area contributed by atoms with Crippen LogP contribution in [0.1, 0.15) is 21.5 Å². The lowest BCUT2D eigenvalue weighted by Gasteiger charge is -2.06. The number of Topliss-reactive ketones (excluding diaryl/α,β-unsaturated/α-hetero) is 1. The molecular formula is C17H15NO4. The van der Waals surface area contributed by atoms with Crippen LogP contribution in [0.2, 0.25) is 0 Å². The average Bonchev–Trinajstić information content (AvgIpc) is 2.58. The van der Waals surface area contributed by atoms with E-state index in [4.69, 9.17) is 4.84 Å². The van der Waals surface area contributed by atoms with Crippen LogP contribution in [-0.4, -0.2) is 25.1 Å². The number of esters is 1. The van der Waals surface area contributed by atoms with E-state index in [0.717, 1.165) is 5.56 Å². The highest BCUT2D eigenvalue weighted by Crippen LogP contribution is 2.12. The first kappa shape index (κ1) is 15.4. The summed E-state index contributed by atoms with van der Waals surface area (Å²) >= 11 is 0. The summed E-state index contributed by atoms with van der Waals surface area (Å²) in [6.45, 7) is 0.0856. The summed E-state index contributed by atoms with van der Waals surface area (Å²) in [4.78, 5) is 28.4. The van der Waals surface area contributed by atoms with Gasteiger partial charge in [0.1, 0.15) is 6.61 Å². The van der Waals surface area contributed by atoms with Gasteiger partial charge in [-0.25, -0.2) is 4.79 Å². The van der Waals surface area contributed by atoms with Crippen LogP contribution in [0.3, 0.4) is 0 Å². The summed E-state index contributed by atoms with van der Waals surface area (Å²) in [6.07, 6.45) is 1.57. The van der Waals surface area contributed by atoms with Crippen LogP contribution in [-0.2, 0) is 21.0 Å². The molecule has 0 aliphatic carbocycles. The summed E-state index contributed by atoms with van der Waals surface area (Å²) in [7, 11) is 1.17. The standard InChI is InChI=1S/C17H15NO4/c1-21-17(20)16(19)15-10-6-5-9-14(15)12-22-18-11-13-7-3-2-4-8-13/h2-11H,12H2,1H3. The third-order valence-electron chi connectivity index (χ3n) is 2.93. The van der Waals surface area contributed by atoms with E-state index >= 15 is 0 Å². The number of ether oxygens (including phenoxy) is 1. The summed E-state index contributed by atoms with van der Waals surface area (Å²) in [6, 6.07) is 16.2. The predicted molar refractivity (Wildman–Crippen MR) is 81.6 cm³/mol. The lowest BCUT2D eigenvalue weighted by molar-refractivity contribution is -0.135. The molecule has 0 saturated heterocycles. The molecule has 0 fully saturated rings. The van der Waals surface area contributed by atoms with Crippen LogP contribution < -0.4 is 0 Å². The van der Waals surface area contributed by atoms with Gasteiger partial charge >= 0.3 is 5.97 Å². The van der Waals surface area contributed by atoms with Crippen LogP contribution >= 0.6 is 0 Å². The van der Waals surface area contributed by atoms with Gasteiger partial charge in [-0.15, -0.1) is 0 Å². The van der Waals surface area contributed by atoms with Crippen molar-refractivity contribution in [3.63, 3.8) is 0 Å². The minimum Gasteiger partial charge on any atom is -0.463 e. The number of benzene rings is 2. The Bertz CT molecular complexity index is 680. The van der Waals surface area contributed by atoms with Crippen molar-refractivity contribution in [1.29, 1.82) is 0 Å². The third kappa shape index (κ3) is 4.02. The van der Waals surface area contributed by atoms with Crippen molar-refractivity contribution >= 4 is 18.0 Å². The lowest BCUT2D eigenvalue weighted by Crippen LogP contribution is -2.17. The molecule has 0 aromatic heterocycles. The molecule has 0 bridgehead atoms. The Morgan fingerprint density at radius 1 is 1.05 bits per heavy atom. The Morgan fingerprint density at radius 3 is 2.45 bits per heavy atom. The van der Waals surface area contributed by atoms with Crippen molar-refractivity contribution < 1.29 is 19.2 Å². The van der Waals surface area contributed by atoms with Gasteiger partial charge in [-0.3, -0.25) is 4.79 Å². The van der Waals surface area contributed by atoms with Gasteiger partial charge in [0.15, 0.2) is 0 Å². The van der Waals surface area contributed by atoms with Crippen LogP contribution in [0.4, 0.5) is 0 Å². The summed E-state index contributed by atoms with van der Waals surface area (Å²) in [5, 5.41) is 3.85. The van der Waals surface area contributed by atoms with E-state index in [1.54, 1.807) is 30.5 Å². The van der Waals surface area contributed by atoms with Gasteiger partial charge in [-0.1, -0.05) is 59.8 Å². The van der Waals surface area contributed by atoms with E-state index in [2.05, 4.69) is 9.89 Å². The van der Waals surface area contributed by atoms with Crippen LogP contribution in [0.5, 0.6) is 0 Å². The van der Waals surface area contributed by atoms with Crippen molar-refractivity contribution in [1.82, 2.24) is 0 Å². The molecule has 0 heterocycles. The Hall–Kier alpha value is -2.95. The highest BCUT2D eigenvalue weighted by atomic mass is 16.6. The second kappa shape index (κ2) is 7.73. The number of carbonyl (C=O) groups excluding carboxylic acids is 2. The summed E-state index contributed by atoms with van der Waals surface area (Å²) in [5.74, 6) is -1.60. The Labute approximate surface area is 128 Å². The van der Waals surface area contributed by atoms with Crippen molar-refractivity contribution in [3.8, 4) is 0 Å². The second-order valence-corrected chi connectivity index (χ2v) is 4.40. The van der Waals surface area contributed by atoms with Gasteiger partial charge in [0.25, 0.3) is 5.78 Å². The number of hydrogen-bond donors (Lipinski definition) is 0. The fourth-order valence-corrected chi connectivity index (χ4v) is 1.81. The SMILES string of the molecule is COC(=O)C(=O)c1ccccc1CON=Cc1ccccc1. The van der Waals surface area contributed by atoms with Crippen LogP contribution in [0.15, 0.2) is 59.8 Å². The maximum Gasteiger partial charge on any atom is 0.379 e. The number of methoxy groups -OCH3 is 1. The number of hydrogen-bond acceptors (Lipinski definition) is 5. The molecule has 2 aromatic carbocycles. The molecule has 112 valence electrons. The Kier molecular flexibility index (Phi) is 5.43. The fourth-order valence-electron chi connectivity index (χ4n) is 1.81. The van der Waals surface area contributed by atoms with Gasteiger partial charge in [0, 0.05) is 11.1 Å². The minimum absolute atomic E-state index is 0.0856. The second-order valence-electron chi connectivity index (χ2n) is 4.40. The molecule has 0 radical (unpaired) electrons. The summed E-state index contributed by atoms with van der Waals surface area (Å²) < 4.78 is 4.45. The highest BCUT2D eigenvalue weighted by Gasteiger charge is 2.19. The van der Waals surface area contributed by atoms with Crippen molar-refractivity contribution in [2.24, 2.45) is 5.16 Å². The molecule has 5 heteroatoms. The molecule has 22 heavy (non-hydrogen) atoms. The molecule has 2 aromatic rings. The first-order chi connectivity index (χ1) is 10.7. The van der Waals surface area contributed by atoms with Crippen molar-refractivity contribution in [2.45, 2.75) is 6.61 Å². The van der Waals surface area contributed by atoms with Crippen LogP contribution in [0.25, 0.3) is 0 Å². The quantitative estimate of drug-likeness (QED) is 0.270. The predicted octanol–water partition coefficient (Wildman–Crippen LogP) is 2.59. The number of ketones is 1. The normalized spacial score (nSPS) is 10.4. The molecule has 0 aliphatic heterocycles. The van der Waals surface area contributed by atoms with E-state index in [1.807, 2.05) is 30.3 Å². The largest absolute Gasteiger partial charge is 0.463 e. The first-order valence-corrected chi connectivity index (χ1v) is 6.63. The highest BCUT2D eigenvalue weighted by molar-refractivity contribution is 6.40. The monoisotopic (exact) mass is 297 g/mol. The molecule has 2 rings (SSSR count). The molecule has 0 saturated carbocycles. The Morgan fingerprint density at radius 2 is 1.73 bits per heavy atom.